The monoisotopic (exact) mass is 501 g/mol. The van der Waals surface area contributed by atoms with Crippen LogP contribution in [0.1, 0.15) is 0 Å². The van der Waals surface area contributed by atoms with E-state index in [1.807, 2.05) is 4.72 Å². The Labute approximate surface area is 195 Å². The summed E-state index contributed by atoms with van der Waals surface area (Å²) < 4.78 is 77.9. The van der Waals surface area contributed by atoms with Crippen LogP contribution in [0.5, 0.6) is 5.88 Å². The first-order chi connectivity index (χ1) is 16.8. The molecule has 0 amide bonds. The van der Waals surface area contributed by atoms with E-state index in [0.717, 1.165) is 6.07 Å². The quantitative estimate of drug-likeness (QED) is 0.323. The normalized spacial score (nSPS) is 11.7. The lowest BCUT2D eigenvalue weighted by Crippen LogP contribution is -2.17. The van der Waals surface area contributed by atoms with Crippen molar-refractivity contribution in [2.45, 2.75) is 4.90 Å². The van der Waals surface area contributed by atoms with Crippen LogP contribution in [0.3, 0.4) is 0 Å². The molecule has 14 heteroatoms. The molecule has 5 aromatic rings. The summed E-state index contributed by atoms with van der Waals surface area (Å²) in [6, 6.07) is 5.09. The van der Waals surface area contributed by atoms with Gasteiger partial charge in [-0.15, -0.1) is 0 Å². The zero-order valence-corrected chi connectivity index (χ0v) is 18.5. The van der Waals surface area contributed by atoms with Crippen molar-refractivity contribution in [3.05, 3.63) is 66.5 Å². The van der Waals surface area contributed by atoms with Gasteiger partial charge < -0.3 is 9.72 Å². The first kappa shape index (κ1) is 22.3. The molecular weight excluding hydrogens is 487 g/mol. The third kappa shape index (κ3) is 3.73. The summed E-state index contributed by atoms with van der Waals surface area (Å²) in [6.45, 7) is 0. The van der Waals surface area contributed by atoms with E-state index in [-0.39, 0.29) is 11.4 Å². The van der Waals surface area contributed by atoms with Gasteiger partial charge in [-0.2, -0.15) is 5.10 Å². The molecule has 0 unspecified atom stereocenters. The topological polar surface area (TPSA) is 139 Å². The number of ether oxygens (including phenoxy) is 1. The maximum Gasteiger partial charge on any atom is 0.268 e. The minimum atomic E-state index is -4.44. The zero-order chi connectivity index (χ0) is 24.7. The fourth-order valence-corrected chi connectivity index (χ4v) is 4.65. The molecule has 1 aromatic carbocycles. The maximum absolute atomic E-state index is 15.4. The second-order valence-electron chi connectivity index (χ2n) is 7.12. The summed E-state index contributed by atoms with van der Waals surface area (Å²) in [4.78, 5) is 13.8. The summed E-state index contributed by atoms with van der Waals surface area (Å²) in [6.07, 6.45) is 4.94. The number of nitrogens with one attached hydrogen (secondary N) is 3. The van der Waals surface area contributed by atoms with Crippen LogP contribution < -0.4 is 9.46 Å². The molecule has 10 nitrogen and oxygen atoms in total. The second-order valence-corrected chi connectivity index (χ2v) is 8.77. The van der Waals surface area contributed by atoms with Crippen molar-refractivity contribution < 1.29 is 26.3 Å². The predicted molar refractivity (Wildman–Crippen MR) is 118 cm³/mol. The zero-order valence-electron chi connectivity index (χ0n) is 17.7. The van der Waals surface area contributed by atoms with Crippen molar-refractivity contribution in [2.75, 3.05) is 11.8 Å². The SMILES string of the molecule is COc1ncccc1S(=O)(=O)Nc1ncc(F)c(-c2ccc3c(-c4ncc[nH]4)n[nH]c3c2F)c1F. The minimum Gasteiger partial charge on any atom is -0.480 e. The van der Waals surface area contributed by atoms with E-state index in [2.05, 4.69) is 30.1 Å². The first-order valence-electron chi connectivity index (χ1n) is 9.84. The van der Waals surface area contributed by atoms with Gasteiger partial charge in [0.15, 0.2) is 29.1 Å². The van der Waals surface area contributed by atoms with Gasteiger partial charge in [0.25, 0.3) is 10.0 Å². The van der Waals surface area contributed by atoms with Crippen molar-refractivity contribution in [2.24, 2.45) is 0 Å². The smallest absolute Gasteiger partial charge is 0.268 e. The maximum atomic E-state index is 15.4. The molecule has 0 aliphatic heterocycles. The van der Waals surface area contributed by atoms with Crippen LogP contribution in [-0.4, -0.2) is 45.7 Å². The Hall–Kier alpha value is -4.46. The summed E-state index contributed by atoms with van der Waals surface area (Å²) in [5.41, 5.74) is -1.09. The van der Waals surface area contributed by atoms with Crippen molar-refractivity contribution in [1.82, 2.24) is 30.1 Å². The molecule has 0 aliphatic rings. The third-order valence-electron chi connectivity index (χ3n) is 5.09. The fraction of sp³-hybridized carbons (Fsp3) is 0.0476. The molecule has 0 saturated heterocycles. The molecule has 0 bridgehead atoms. The van der Waals surface area contributed by atoms with Crippen LogP contribution in [0.2, 0.25) is 0 Å². The summed E-state index contributed by atoms with van der Waals surface area (Å²) >= 11 is 0. The van der Waals surface area contributed by atoms with Gasteiger partial charge in [0.05, 0.1) is 18.9 Å². The Kier molecular flexibility index (Phi) is 5.36. The number of nitrogens with zero attached hydrogens (tertiary/aromatic N) is 4. The van der Waals surface area contributed by atoms with Gasteiger partial charge in [0, 0.05) is 29.5 Å². The number of H-pyrrole nitrogens is 2. The van der Waals surface area contributed by atoms with Crippen LogP contribution >= 0.6 is 0 Å². The van der Waals surface area contributed by atoms with Gasteiger partial charge in [-0.25, -0.2) is 36.5 Å². The van der Waals surface area contributed by atoms with E-state index in [1.54, 1.807) is 6.20 Å². The fourth-order valence-electron chi connectivity index (χ4n) is 3.52. The van der Waals surface area contributed by atoms with Crippen LogP contribution in [0, 0.1) is 17.5 Å². The number of pyridine rings is 2. The largest absolute Gasteiger partial charge is 0.480 e. The number of hydrogen-bond donors (Lipinski definition) is 3. The average molecular weight is 501 g/mol. The van der Waals surface area contributed by atoms with Crippen LogP contribution in [0.15, 0.2) is 53.9 Å². The standard InChI is InChI=1S/C21H14F3N7O3S/c1-34-21-13(3-2-6-27-21)35(32,33)31-19-16(24)14(12(22)9-28-19)10-4-5-11-17(15(10)23)29-30-18(11)20-25-7-8-26-20/h2-9H,1H3,(H,25,26)(H,28,31)(H,29,30). The Bertz CT molecular complexity index is 1670. The van der Waals surface area contributed by atoms with Crippen molar-refractivity contribution in [1.29, 1.82) is 0 Å². The lowest BCUT2D eigenvalue weighted by molar-refractivity contribution is 0.385. The summed E-state index contributed by atoms with van der Waals surface area (Å²) in [7, 11) is -3.23. The second kappa shape index (κ2) is 8.39. The van der Waals surface area contributed by atoms with E-state index < -0.39 is 49.3 Å². The van der Waals surface area contributed by atoms with Gasteiger partial charge in [-0.1, -0.05) is 6.07 Å². The highest BCUT2D eigenvalue weighted by Crippen LogP contribution is 2.36. The molecule has 0 atom stereocenters. The molecule has 4 heterocycles. The van der Waals surface area contributed by atoms with Gasteiger partial charge in [0.1, 0.15) is 16.1 Å². The Balaban J connectivity index is 1.60. The number of fused-ring (bicyclic) bond motifs is 1. The van der Waals surface area contributed by atoms with E-state index >= 15 is 8.78 Å². The molecule has 35 heavy (non-hydrogen) atoms. The van der Waals surface area contributed by atoms with Crippen LogP contribution in [-0.2, 0) is 10.0 Å². The number of halogens is 3. The lowest BCUT2D eigenvalue weighted by Gasteiger charge is -2.13. The van der Waals surface area contributed by atoms with E-state index in [1.165, 1.54) is 37.7 Å². The van der Waals surface area contributed by atoms with Gasteiger partial charge >= 0.3 is 0 Å². The number of aromatic amines is 2. The first-order valence-corrected chi connectivity index (χ1v) is 11.3. The van der Waals surface area contributed by atoms with Gasteiger partial charge in [0.2, 0.25) is 5.88 Å². The average Bonchev–Trinajstić information content (AvgIpc) is 3.52. The van der Waals surface area contributed by atoms with Crippen LogP contribution in [0.25, 0.3) is 33.5 Å². The number of sulfonamides is 1. The van der Waals surface area contributed by atoms with Gasteiger partial charge in [-0.3, -0.25) is 9.82 Å². The number of rotatable bonds is 6. The third-order valence-corrected chi connectivity index (χ3v) is 6.44. The van der Waals surface area contributed by atoms with Gasteiger partial charge in [-0.05, 0) is 18.2 Å². The number of imidazole rings is 1. The van der Waals surface area contributed by atoms with E-state index in [9.17, 15) is 12.8 Å². The molecule has 0 fully saturated rings. The predicted octanol–water partition coefficient (Wildman–Crippen LogP) is 3.64. The van der Waals surface area contributed by atoms with E-state index in [4.69, 9.17) is 4.74 Å². The van der Waals surface area contributed by atoms with Crippen LogP contribution in [0.4, 0.5) is 19.0 Å². The van der Waals surface area contributed by atoms with E-state index in [0.29, 0.717) is 23.1 Å². The molecule has 0 spiro atoms. The van der Waals surface area contributed by atoms with Crippen molar-refractivity contribution >= 4 is 26.7 Å². The highest BCUT2D eigenvalue weighted by molar-refractivity contribution is 7.92. The summed E-state index contributed by atoms with van der Waals surface area (Å²) in [5.74, 6) is -4.33. The van der Waals surface area contributed by atoms with Crippen molar-refractivity contribution in [3.63, 3.8) is 0 Å². The Morgan fingerprint density at radius 3 is 2.60 bits per heavy atom. The van der Waals surface area contributed by atoms with Crippen molar-refractivity contribution in [3.8, 4) is 28.5 Å². The number of methoxy groups -OCH3 is 1. The lowest BCUT2D eigenvalue weighted by atomic mass is 10.0. The number of aromatic nitrogens is 6. The highest BCUT2D eigenvalue weighted by atomic mass is 32.2. The molecule has 3 N–H and O–H groups in total. The molecule has 0 radical (unpaired) electrons. The molecule has 5 rings (SSSR count). The number of anilines is 1. The number of benzene rings is 1. The molecular formula is C21H14F3N7O3S. The Morgan fingerprint density at radius 2 is 1.86 bits per heavy atom. The molecule has 178 valence electrons. The molecule has 0 aliphatic carbocycles. The number of hydrogen-bond acceptors (Lipinski definition) is 7. The summed E-state index contributed by atoms with van der Waals surface area (Å²) in [5, 5.41) is 6.85. The molecule has 0 saturated carbocycles. The Morgan fingerprint density at radius 1 is 1.03 bits per heavy atom. The molecule has 4 aromatic heterocycles. The minimum absolute atomic E-state index is 0.119. The highest BCUT2D eigenvalue weighted by Gasteiger charge is 2.27.